The number of benzene rings is 1. The number of hydroxylamine groups is 1. The lowest BCUT2D eigenvalue weighted by Crippen LogP contribution is -2.51. The highest BCUT2D eigenvalue weighted by molar-refractivity contribution is 7.86. The summed E-state index contributed by atoms with van der Waals surface area (Å²) >= 11 is 0. The van der Waals surface area contributed by atoms with Gasteiger partial charge in [0.1, 0.15) is 12.2 Å². The third-order valence-electron chi connectivity index (χ3n) is 6.66. The molecule has 3 heterocycles. The van der Waals surface area contributed by atoms with Crippen LogP contribution in [-0.2, 0) is 21.6 Å². The maximum absolute atomic E-state index is 12.3. The first-order valence-corrected chi connectivity index (χ1v) is 14.7. The molecule has 2 aromatic heterocycles. The van der Waals surface area contributed by atoms with Crippen LogP contribution in [0.3, 0.4) is 0 Å². The van der Waals surface area contributed by atoms with Crippen LogP contribution in [0.4, 0.5) is 23.7 Å². The summed E-state index contributed by atoms with van der Waals surface area (Å²) in [7, 11) is -0.288. The van der Waals surface area contributed by atoms with Crippen LogP contribution < -0.4 is 16.1 Å². The van der Waals surface area contributed by atoms with Gasteiger partial charge in [0.05, 0.1) is 18.5 Å². The average Bonchev–Trinajstić information content (AvgIpc) is 3.37. The third kappa shape index (κ3) is 8.62. The van der Waals surface area contributed by atoms with Crippen molar-refractivity contribution in [1.29, 1.82) is 0 Å². The second-order valence-corrected chi connectivity index (χ2v) is 12.1. The van der Waals surface area contributed by atoms with E-state index in [0.717, 1.165) is 29.8 Å². The smallest absolute Gasteiger partial charge is 0.329 e. The van der Waals surface area contributed by atoms with Gasteiger partial charge in [-0.15, -0.1) is 0 Å². The van der Waals surface area contributed by atoms with Crippen LogP contribution in [0.15, 0.2) is 48.8 Å². The second kappa shape index (κ2) is 13.8. The van der Waals surface area contributed by atoms with Gasteiger partial charge in [0.25, 0.3) is 10.2 Å². The molecule has 4 rings (SSSR count). The van der Waals surface area contributed by atoms with Gasteiger partial charge in [0.15, 0.2) is 0 Å². The molecule has 1 saturated heterocycles. The molecule has 0 unspecified atom stereocenters. The van der Waals surface area contributed by atoms with Crippen molar-refractivity contribution in [2.24, 2.45) is 0 Å². The number of halogens is 3. The molecule has 2 amide bonds. The lowest BCUT2D eigenvalue weighted by molar-refractivity contribution is -0.122. The lowest BCUT2D eigenvalue weighted by Gasteiger charge is -2.35. The van der Waals surface area contributed by atoms with Crippen molar-refractivity contribution in [3.63, 3.8) is 0 Å². The molecule has 230 valence electrons. The van der Waals surface area contributed by atoms with Crippen LogP contribution in [0.25, 0.3) is 16.9 Å². The Morgan fingerprint density at radius 3 is 2.60 bits per heavy atom. The number of hydrogen-bond acceptors (Lipinski definition) is 7. The van der Waals surface area contributed by atoms with Crippen LogP contribution in [0.5, 0.6) is 0 Å². The Morgan fingerprint density at radius 1 is 1.12 bits per heavy atom. The van der Waals surface area contributed by atoms with Crippen LogP contribution in [-0.4, -0.2) is 103 Å². The van der Waals surface area contributed by atoms with E-state index in [9.17, 15) is 26.4 Å². The zero-order chi connectivity index (χ0) is 30.3. The summed E-state index contributed by atoms with van der Waals surface area (Å²) in [5, 5.41) is 4.19. The molecule has 16 heteroatoms. The maximum Gasteiger partial charge on any atom is 0.405 e. The number of nitrogens with one attached hydrogen (secondary N) is 3. The first kappa shape index (κ1) is 31.7. The van der Waals surface area contributed by atoms with Crippen LogP contribution >= 0.6 is 0 Å². The van der Waals surface area contributed by atoms with Crippen molar-refractivity contribution in [2.45, 2.75) is 19.1 Å². The normalized spacial score (nSPS) is 15.4. The van der Waals surface area contributed by atoms with E-state index >= 15 is 0 Å². The number of carbonyl (C=O) groups excluding carboxylic acids is 1. The Balaban J connectivity index is 1.21. The third-order valence-corrected chi connectivity index (χ3v) is 8.60. The minimum absolute atomic E-state index is 0.347. The van der Waals surface area contributed by atoms with Crippen LogP contribution in [0.1, 0.15) is 12.0 Å². The molecule has 1 fully saturated rings. The first-order chi connectivity index (χ1) is 19.9. The zero-order valence-electron chi connectivity index (χ0n) is 23.4. The number of rotatable bonds is 12. The molecule has 0 radical (unpaired) electrons. The number of anilines is 1. The number of aromatic nitrogens is 2. The van der Waals surface area contributed by atoms with Crippen molar-refractivity contribution in [3.05, 3.63) is 54.4 Å². The highest BCUT2D eigenvalue weighted by Crippen LogP contribution is 2.24. The van der Waals surface area contributed by atoms with Crippen molar-refractivity contribution in [3.8, 4) is 11.3 Å². The van der Waals surface area contributed by atoms with E-state index in [1.54, 1.807) is 29.7 Å². The number of hydrogen-bond donors (Lipinski definition) is 3. The highest BCUT2D eigenvalue weighted by atomic mass is 32.2. The number of carbonyl (C=O) groups is 1. The van der Waals surface area contributed by atoms with E-state index in [4.69, 9.17) is 4.84 Å². The fourth-order valence-corrected chi connectivity index (χ4v) is 5.53. The zero-order valence-corrected chi connectivity index (χ0v) is 24.2. The quantitative estimate of drug-likeness (QED) is 0.212. The van der Waals surface area contributed by atoms with Gasteiger partial charge in [0.2, 0.25) is 0 Å². The molecule has 1 aliphatic heterocycles. The van der Waals surface area contributed by atoms with Gasteiger partial charge in [-0.3, -0.25) is 4.40 Å². The summed E-state index contributed by atoms with van der Waals surface area (Å²) in [5.41, 5.74) is 6.44. The van der Waals surface area contributed by atoms with E-state index in [0.29, 0.717) is 50.7 Å². The van der Waals surface area contributed by atoms with E-state index < -0.39 is 29.0 Å². The van der Waals surface area contributed by atoms with E-state index in [-0.39, 0.29) is 0 Å². The topological polar surface area (TPSA) is 124 Å². The van der Waals surface area contributed by atoms with Crippen molar-refractivity contribution in [2.75, 3.05) is 65.3 Å². The van der Waals surface area contributed by atoms with Gasteiger partial charge in [-0.25, -0.2) is 9.78 Å². The van der Waals surface area contributed by atoms with Crippen LogP contribution in [0.2, 0.25) is 0 Å². The molecule has 0 bridgehead atoms. The fraction of sp³-hybridized carbons (Fsp3) is 0.462. The summed E-state index contributed by atoms with van der Waals surface area (Å²) < 4.78 is 66.1. The van der Waals surface area contributed by atoms with Gasteiger partial charge < -0.3 is 20.4 Å². The predicted molar refractivity (Wildman–Crippen MR) is 152 cm³/mol. The Morgan fingerprint density at radius 2 is 1.88 bits per heavy atom. The highest BCUT2D eigenvalue weighted by Gasteiger charge is 2.29. The maximum atomic E-state index is 12.3. The van der Waals surface area contributed by atoms with E-state index in [2.05, 4.69) is 20.7 Å². The molecule has 0 atom stereocenters. The number of pyridine rings is 1. The Labute approximate surface area is 242 Å². The van der Waals surface area contributed by atoms with Crippen LogP contribution in [0, 0.1) is 0 Å². The van der Waals surface area contributed by atoms with Gasteiger partial charge in [-0.1, -0.05) is 12.1 Å². The number of nitrogens with zero attached hydrogens (tertiary/aromatic N) is 5. The Bertz CT molecular complexity index is 1460. The standard InChI is InChI=1S/C26H35F3N8O4S/c1-34(2)42(39,40)36-12-10-35(11-13-36)8-4-14-41-32-17-20-7-9-37-23(18-30-24(37)15-20)21-5-3-6-22(16-21)33-25(38)31-19-26(27,28)29/h3,5-7,9,15-16,18,32H,4,8,10-14,17,19H2,1-2H3,(H2,31,33,38). The molecular weight excluding hydrogens is 577 g/mol. The number of fused-ring (bicyclic) bond motifs is 1. The minimum Gasteiger partial charge on any atom is -0.329 e. The van der Waals surface area contributed by atoms with Crippen molar-refractivity contribution < 1.29 is 31.2 Å². The molecule has 1 aliphatic rings. The molecule has 0 aliphatic carbocycles. The second-order valence-electron chi connectivity index (χ2n) is 9.96. The first-order valence-electron chi connectivity index (χ1n) is 13.3. The Kier molecular flexibility index (Phi) is 10.4. The van der Waals surface area contributed by atoms with Crippen molar-refractivity contribution in [1.82, 2.24) is 33.7 Å². The van der Waals surface area contributed by atoms with Gasteiger partial charge >= 0.3 is 12.2 Å². The number of amides is 2. The molecule has 0 spiro atoms. The molecule has 42 heavy (non-hydrogen) atoms. The van der Waals surface area contributed by atoms with E-state index in [1.807, 2.05) is 28.8 Å². The number of urea groups is 1. The molecule has 3 aromatic rings. The monoisotopic (exact) mass is 612 g/mol. The summed E-state index contributed by atoms with van der Waals surface area (Å²) in [4.78, 5) is 24.1. The van der Waals surface area contributed by atoms with E-state index in [1.165, 1.54) is 22.7 Å². The molecule has 12 nitrogen and oxygen atoms in total. The number of piperazine rings is 1. The molecule has 1 aromatic carbocycles. The molecule has 3 N–H and O–H groups in total. The summed E-state index contributed by atoms with van der Waals surface area (Å²) in [5.74, 6) is 0. The summed E-state index contributed by atoms with van der Waals surface area (Å²) in [6.45, 7) is 2.69. The number of alkyl halides is 3. The van der Waals surface area contributed by atoms with Gasteiger partial charge in [0, 0.05) is 70.8 Å². The average molecular weight is 613 g/mol. The largest absolute Gasteiger partial charge is 0.405 e. The molecule has 0 saturated carbocycles. The SMILES string of the molecule is CN(C)S(=O)(=O)N1CCN(CCCONCc2ccn3c(-c4cccc(NC(=O)NCC(F)(F)F)c4)cnc3c2)CC1. The van der Waals surface area contributed by atoms with Gasteiger partial charge in [-0.05, 0) is 36.2 Å². The summed E-state index contributed by atoms with van der Waals surface area (Å²) in [6, 6.07) is 9.64. The lowest BCUT2D eigenvalue weighted by atomic mass is 10.1. The van der Waals surface area contributed by atoms with Gasteiger partial charge in [-0.2, -0.15) is 35.7 Å². The minimum atomic E-state index is -4.49. The van der Waals surface area contributed by atoms with Crippen molar-refractivity contribution >= 4 is 27.6 Å². The summed E-state index contributed by atoms with van der Waals surface area (Å²) in [6.07, 6.45) is -0.148. The molecular formula is C26H35F3N8O4S. The fourth-order valence-electron chi connectivity index (χ4n) is 4.44. The Hall–Kier alpha value is -3.28. The number of imidazole rings is 1. The predicted octanol–water partition coefficient (Wildman–Crippen LogP) is 2.52.